The van der Waals surface area contributed by atoms with Crippen LogP contribution in [0.1, 0.15) is 36.8 Å². The van der Waals surface area contributed by atoms with E-state index in [1.165, 1.54) is 0 Å². The zero-order chi connectivity index (χ0) is 28.8. The Hall–Kier alpha value is -3.40. The van der Waals surface area contributed by atoms with Crippen molar-refractivity contribution < 1.29 is 60.8 Å². The number of rotatable bonds is 11. The second-order valence-electron chi connectivity index (χ2n) is 8.75. The molecule has 38 heavy (non-hydrogen) atoms. The molecule has 10 nitrogen and oxygen atoms in total. The van der Waals surface area contributed by atoms with E-state index in [4.69, 9.17) is 0 Å². The second-order valence-corrected chi connectivity index (χ2v) is 8.75. The first-order valence-corrected chi connectivity index (χ1v) is 11.2. The lowest BCUT2D eigenvalue weighted by Gasteiger charge is -2.43. The number of nitrogens with zero attached hydrogens (tertiary/aromatic N) is 2. The van der Waals surface area contributed by atoms with Crippen molar-refractivity contribution in [2.24, 2.45) is 0 Å². The summed E-state index contributed by atoms with van der Waals surface area (Å²) in [7, 11) is 0. The normalized spacial score (nSPS) is 18.4. The van der Waals surface area contributed by atoms with Crippen LogP contribution in [0.15, 0.2) is 18.2 Å². The topological polar surface area (TPSA) is 147 Å². The minimum absolute atomic E-state index is 0.113. The highest BCUT2D eigenvalue weighted by atomic mass is 19.4. The van der Waals surface area contributed by atoms with Gasteiger partial charge in [-0.05, 0) is 31.0 Å². The number of carbonyl (C=O) groups is 4. The van der Waals surface area contributed by atoms with Crippen LogP contribution in [0, 0.1) is 0 Å². The van der Waals surface area contributed by atoms with Crippen LogP contribution in [0.25, 0.3) is 0 Å². The number of nitrogens with one attached hydrogen (secondary N) is 1. The van der Waals surface area contributed by atoms with Crippen LogP contribution in [0.5, 0.6) is 0 Å². The Morgan fingerprint density at radius 2 is 1.08 bits per heavy atom. The highest BCUT2D eigenvalue weighted by Crippen LogP contribution is 2.37. The molecule has 0 aromatic heterocycles. The van der Waals surface area contributed by atoms with Crippen molar-refractivity contribution in [2.75, 3.05) is 31.5 Å². The van der Waals surface area contributed by atoms with Gasteiger partial charge in [0.05, 0.1) is 37.3 Å². The van der Waals surface area contributed by atoms with Gasteiger partial charge >= 0.3 is 30.3 Å². The van der Waals surface area contributed by atoms with E-state index in [0.717, 1.165) is 9.80 Å². The van der Waals surface area contributed by atoms with Gasteiger partial charge in [0.2, 0.25) is 5.91 Å². The quantitative estimate of drug-likeness (QED) is 0.302. The van der Waals surface area contributed by atoms with Crippen molar-refractivity contribution in [3.05, 3.63) is 29.3 Å². The van der Waals surface area contributed by atoms with Crippen LogP contribution in [-0.4, -0.2) is 87.2 Å². The first kappa shape index (κ1) is 30.8. The standard InChI is InChI=1S/C22H25F6N3O7/c23-21(24,25)12-5-13(22(26,27)28)7-14(6-12)29-17(32)8-30(9-18(33)34)15-3-1-2-4-16(15)31(10-19(35)36)11-20(37)38/h5-7,15-16H,1-4,8-11H2,(H,29,32)(H,33,34)(H,35,36)(H,37,38). The molecule has 212 valence electrons. The van der Waals surface area contributed by atoms with Crippen LogP contribution in [0.2, 0.25) is 0 Å². The number of alkyl halides is 6. The van der Waals surface area contributed by atoms with E-state index < -0.39 is 91.2 Å². The van der Waals surface area contributed by atoms with E-state index >= 15 is 0 Å². The Labute approximate surface area is 211 Å². The molecule has 0 saturated heterocycles. The summed E-state index contributed by atoms with van der Waals surface area (Å²) in [4.78, 5) is 49.0. The van der Waals surface area contributed by atoms with E-state index in [1.54, 1.807) is 0 Å². The molecule has 2 rings (SSSR count). The zero-order valence-electron chi connectivity index (χ0n) is 19.7. The lowest BCUT2D eigenvalue weighted by Crippen LogP contribution is -2.57. The summed E-state index contributed by atoms with van der Waals surface area (Å²) in [5.74, 6) is -5.22. The maximum atomic E-state index is 13.1. The summed E-state index contributed by atoms with van der Waals surface area (Å²) in [6, 6.07) is -1.14. The Balaban J connectivity index is 2.34. The number of carboxylic acid groups (broad SMARTS) is 3. The van der Waals surface area contributed by atoms with E-state index in [1.807, 2.05) is 5.32 Å². The van der Waals surface area contributed by atoms with Crippen molar-refractivity contribution in [3.8, 4) is 0 Å². The van der Waals surface area contributed by atoms with Gasteiger partial charge in [-0.15, -0.1) is 0 Å². The summed E-state index contributed by atoms with van der Waals surface area (Å²) < 4.78 is 78.8. The van der Waals surface area contributed by atoms with Gasteiger partial charge in [0.1, 0.15) is 0 Å². The first-order chi connectivity index (χ1) is 17.5. The number of carboxylic acids is 3. The molecule has 0 spiro atoms. The molecule has 4 N–H and O–H groups in total. The molecule has 2 unspecified atom stereocenters. The average Bonchev–Trinajstić information content (AvgIpc) is 2.76. The Morgan fingerprint density at radius 3 is 1.42 bits per heavy atom. The fourth-order valence-electron chi connectivity index (χ4n) is 4.46. The highest BCUT2D eigenvalue weighted by molar-refractivity contribution is 5.92. The van der Waals surface area contributed by atoms with Gasteiger partial charge in [-0.2, -0.15) is 26.3 Å². The van der Waals surface area contributed by atoms with Crippen molar-refractivity contribution in [2.45, 2.75) is 50.1 Å². The van der Waals surface area contributed by atoms with Crippen LogP contribution in [0.4, 0.5) is 32.0 Å². The van der Waals surface area contributed by atoms with Crippen LogP contribution < -0.4 is 5.32 Å². The molecule has 1 aromatic carbocycles. The molecule has 1 aromatic rings. The summed E-state index contributed by atoms with van der Waals surface area (Å²) in [6.07, 6.45) is -8.72. The summed E-state index contributed by atoms with van der Waals surface area (Å²) >= 11 is 0. The molecule has 1 aliphatic rings. The third-order valence-corrected chi connectivity index (χ3v) is 5.87. The lowest BCUT2D eigenvalue weighted by molar-refractivity contribution is -0.146. The molecule has 1 saturated carbocycles. The number of halogens is 6. The van der Waals surface area contributed by atoms with E-state index in [2.05, 4.69) is 0 Å². The third kappa shape index (κ3) is 9.16. The Bertz CT molecular complexity index is 999. The van der Waals surface area contributed by atoms with E-state index in [9.17, 15) is 60.8 Å². The van der Waals surface area contributed by atoms with Gasteiger partial charge in [-0.1, -0.05) is 12.8 Å². The summed E-state index contributed by atoms with van der Waals surface area (Å²) in [6.45, 7) is -2.94. The van der Waals surface area contributed by atoms with Crippen molar-refractivity contribution >= 4 is 29.5 Å². The molecular weight excluding hydrogens is 532 g/mol. The van der Waals surface area contributed by atoms with Crippen LogP contribution >= 0.6 is 0 Å². The summed E-state index contributed by atoms with van der Waals surface area (Å²) in [5.41, 5.74) is -4.13. The predicted molar refractivity (Wildman–Crippen MR) is 117 cm³/mol. The number of hydrogen-bond acceptors (Lipinski definition) is 6. The average molecular weight is 557 g/mol. The maximum Gasteiger partial charge on any atom is 0.416 e. The van der Waals surface area contributed by atoms with E-state index in [-0.39, 0.29) is 18.9 Å². The van der Waals surface area contributed by atoms with Gasteiger partial charge in [0, 0.05) is 17.8 Å². The fourth-order valence-corrected chi connectivity index (χ4v) is 4.46. The number of hydrogen-bond donors (Lipinski definition) is 4. The Morgan fingerprint density at radius 1 is 0.711 bits per heavy atom. The van der Waals surface area contributed by atoms with Gasteiger partial charge in [-0.3, -0.25) is 29.0 Å². The number of anilines is 1. The van der Waals surface area contributed by atoms with E-state index in [0.29, 0.717) is 25.0 Å². The number of benzene rings is 1. The van der Waals surface area contributed by atoms with Crippen LogP contribution in [0.3, 0.4) is 0 Å². The van der Waals surface area contributed by atoms with Gasteiger partial charge < -0.3 is 20.6 Å². The fraction of sp³-hybridized carbons (Fsp3) is 0.545. The molecule has 16 heteroatoms. The summed E-state index contributed by atoms with van der Waals surface area (Å²) in [5, 5.41) is 29.7. The Kier molecular flexibility index (Phi) is 10.1. The van der Waals surface area contributed by atoms with Gasteiger partial charge in [0.25, 0.3) is 0 Å². The minimum atomic E-state index is -5.15. The maximum absolute atomic E-state index is 13.1. The van der Waals surface area contributed by atoms with Gasteiger partial charge in [0.15, 0.2) is 0 Å². The molecule has 0 bridgehead atoms. The van der Waals surface area contributed by atoms with Gasteiger partial charge in [-0.25, -0.2) is 0 Å². The van der Waals surface area contributed by atoms with Crippen molar-refractivity contribution in [1.82, 2.24) is 9.80 Å². The molecule has 0 heterocycles. The highest BCUT2D eigenvalue weighted by Gasteiger charge is 2.39. The molecule has 2 atom stereocenters. The monoisotopic (exact) mass is 557 g/mol. The number of carbonyl (C=O) groups excluding carboxylic acids is 1. The second kappa shape index (κ2) is 12.4. The first-order valence-electron chi connectivity index (χ1n) is 11.2. The lowest BCUT2D eigenvalue weighted by atomic mass is 9.87. The smallest absolute Gasteiger partial charge is 0.416 e. The molecule has 1 amide bonds. The van der Waals surface area contributed by atoms with Crippen molar-refractivity contribution in [3.63, 3.8) is 0 Å². The molecule has 0 aliphatic heterocycles. The zero-order valence-corrected chi connectivity index (χ0v) is 19.7. The molecule has 0 radical (unpaired) electrons. The number of amides is 1. The largest absolute Gasteiger partial charge is 0.480 e. The van der Waals surface area contributed by atoms with Crippen LogP contribution in [-0.2, 0) is 31.5 Å². The molecular formula is C22H25F6N3O7. The number of aliphatic carboxylic acids is 3. The minimum Gasteiger partial charge on any atom is -0.480 e. The molecule has 1 aliphatic carbocycles. The predicted octanol–water partition coefficient (Wildman–Crippen LogP) is 2.83. The molecule has 1 fully saturated rings. The third-order valence-electron chi connectivity index (χ3n) is 5.87. The SMILES string of the molecule is O=C(O)CN(CC(=O)O)C1CCCCC1N(CC(=O)O)CC(=O)Nc1cc(C(F)(F)F)cc(C(F)(F)F)c1. The van der Waals surface area contributed by atoms with Crippen molar-refractivity contribution in [1.29, 1.82) is 0 Å².